The van der Waals surface area contributed by atoms with Crippen LogP contribution in [0.4, 0.5) is 10.1 Å². The fourth-order valence-corrected chi connectivity index (χ4v) is 2.57. The monoisotopic (exact) mass is 289 g/mol. The fraction of sp³-hybridized carbons (Fsp3) is 0.400. The molecule has 1 amide bonds. The molecule has 1 saturated heterocycles. The van der Waals surface area contributed by atoms with Crippen molar-refractivity contribution >= 4 is 11.6 Å². The van der Waals surface area contributed by atoms with Gasteiger partial charge in [0.25, 0.3) is 0 Å². The van der Waals surface area contributed by atoms with Gasteiger partial charge in [0.2, 0.25) is 11.8 Å². The Bertz CT molecular complexity index is 683. The normalized spacial score (nSPS) is 18.5. The summed E-state index contributed by atoms with van der Waals surface area (Å²) < 4.78 is 18.9. The van der Waals surface area contributed by atoms with E-state index < -0.39 is 0 Å². The Balaban J connectivity index is 1.86. The van der Waals surface area contributed by atoms with Gasteiger partial charge in [-0.15, -0.1) is 0 Å². The van der Waals surface area contributed by atoms with Crippen molar-refractivity contribution in [3.05, 3.63) is 41.3 Å². The Kier molecular flexibility index (Phi) is 3.45. The van der Waals surface area contributed by atoms with Crippen molar-refractivity contribution in [1.82, 2.24) is 10.1 Å². The summed E-state index contributed by atoms with van der Waals surface area (Å²) in [4.78, 5) is 18.1. The summed E-state index contributed by atoms with van der Waals surface area (Å²) in [7, 11) is 0. The Hall–Kier alpha value is -2.24. The van der Waals surface area contributed by atoms with Gasteiger partial charge in [0, 0.05) is 30.6 Å². The van der Waals surface area contributed by atoms with Crippen LogP contribution in [0.2, 0.25) is 0 Å². The molecule has 3 rings (SSSR count). The number of rotatable bonds is 3. The van der Waals surface area contributed by atoms with Crippen LogP contribution in [0.3, 0.4) is 0 Å². The summed E-state index contributed by atoms with van der Waals surface area (Å²) >= 11 is 0. The van der Waals surface area contributed by atoms with Crippen LogP contribution in [0.25, 0.3) is 0 Å². The zero-order valence-corrected chi connectivity index (χ0v) is 12.0. The Labute approximate surface area is 121 Å². The van der Waals surface area contributed by atoms with E-state index in [1.807, 2.05) is 6.92 Å². The highest BCUT2D eigenvalue weighted by molar-refractivity contribution is 5.97. The predicted molar refractivity (Wildman–Crippen MR) is 74.5 cm³/mol. The van der Waals surface area contributed by atoms with Crippen molar-refractivity contribution in [2.75, 3.05) is 11.4 Å². The summed E-state index contributed by atoms with van der Waals surface area (Å²) in [5.41, 5.74) is 1.09. The SMILES string of the molecule is CCc1noc(C2CC(=O)N(c3cccc(F)c3C)C2)n1. The number of hydrogen-bond acceptors (Lipinski definition) is 4. The number of aryl methyl sites for hydroxylation is 1. The van der Waals surface area contributed by atoms with Crippen molar-refractivity contribution in [3.8, 4) is 0 Å². The first-order valence-electron chi connectivity index (χ1n) is 6.98. The number of carbonyl (C=O) groups is 1. The van der Waals surface area contributed by atoms with Crippen molar-refractivity contribution in [3.63, 3.8) is 0 Å². The second kappa shape index (κ2) is 5.27. The van der Waals surface area contributed by atoms with E-state index in [-0.39, 0.29) is 17.6 Å². The van der Waals surface area contributed by atoms with E-state index in [9.17, 15) is 9.18 Å². The standard InChI is InChI=1S/C15H16FN3O2/c1-3-13-17-15(21-18-13)10-7-14(20)19(8-10)12-6-4-5-11(16)9(12)2/h4-6,10H,3,7-8H2,1-2H3. The van der Waals surface area contributed by atoms with Gasteiger partial charge in [0.15, 0.2) is 5.82 Å². The van der Waals surface area contributed by atoms with E-state index in [2.05, 4.69) is 10.1 Å². The quantitative estimate of drug-likeness (QED) is 0.871. The lowest BCUT2D eigenvalue weighted by Gasteiger charge is -2.18. The van der Waals surface area contributed by atoms with Crippen LogP contribution in [-0.2, 0) is 11.2 Å². The number of amides is 1. The Morgan fingerprint density at radius 1 is 1.48 bits per heavy atom. The molecule has 21 heavy (non-hydrogen) atoms. The molecule has 5 nitrogen and oxygen atoms in total. The number of anilines is 1. The van der Waals surface area contributed by atoms with Gasteiger partial charge in [0.05, 0.1) is 5.92 Å². The van der Waals surface area contributed by atoms with E-state index in [0.717, 1.165) is 0 Å². The van der Waals surface area contributed by atoms with E-state index >= 15 is 0 Å². The van der Waals surface area contributed by atoms with Gasteiger partial charge in [-0.25, -0.2) is 4.39 Å². The molecule has 1 unspecified atom stereocenters. The molecule has 1 aromatic carbocycles. The minimum absolute atomic E-state index is 0.0510. The second-order valence-electron chi connectivity index (χ2n) is 5.19. The van der Waals surface area contributed by atoms with Gasteiger partial charge in [0.1, 0.15) is 5.82 Å². The molecule has 1 aromatic heterocycles. The molecule has 110 valence electrons. The van der Waals surface area contributed by atoms with Crippen molar-refractivity contribution < 1.29 is 13.7 Å². The highest BCUT2D eigenvalue weighted by Gasteiger charge is 2.35. The molecule has 1 atom stereocenters. The largest absolute Gasteiger partial charge is 0.339 e. The summed E-state index contributed by atoms with van der Waals surface area (Å²) in [6, 6.07) is 4.76. The molecule has 0 bridgehead atoms. The van der Waals surface area contributed by atoms with Gasteiger partial charge in [-0.1, -0.05) is 18.1 Å². The predicted octanol–water partition coefficient (Wildman–Crippen LogP) is 2.60. The number of aromatic nitrogens is 2. The zero-order valence-electron chi connectivity index (χ0n) is 12.0. The molecule has 1 aliphatic rings. The number of halogens is 1. The maximum atomic E-state index is 13.7. The minimum Gasteiger partial charge on any atom is -0.339 e. The second-order valence-corrected chi connectivity index (χ2v) is 5.19. The number of carbonyl (C=O) groups excluding carboxylic acids is 1. The maximum Gasteiger partial charge on any atom is 0.232 e. The summed E-state index contributed by atoms with van der Waals surface area (Å²) in [6.07, 6.45) is 0.998. The average Bonchev–Trinajstić information content (AvgIpc) is 3.08. The summed E-state index contributed by atoms with van der Waals surface area (Å²) in [5, 5.41) is 3.86. The molecular weight excluding hydrogens is 273 g/mol. The fourth-order valence-electron chi connectivity index (χ4n) is 2.57. The van der Waals surface area contributed by atoms with E-state index in [4.69, 9.17) is 4.52 Å². The summed E-state index contributed by atoms with van der Waals surface area (Å²) in [6.45, 7) is 4.05. The molecule has 0 aliphatic carbocycles. The summed E-state index contributed by atoms with van der Waals surface area (Å²) in [5.74, 6) is 0.627. The number of nitrogens with zero attached hydrogens (tertiary/aromatic N) is 3. The third-order valence-electron chi connectivity index (χ3n) is 3.80. The molecule has 0 N–H and O–H groups in total. The molecule has 6 heteroatoms. The van der Waals surface area contributed by atoms with Gasteiger partial charge in [-0.3, -0.25) is 4.79 Å². The Morgan fingerprint density at radius 2 is 2.29 bits per heavy atom. The molecular formula is C15H16FN3O2. The van der Waals surface area contributed by atoms with Crippen LogP contribution in [-0.4, -0.2) is 22.6 Å². The van der Waals surface area contributed by atoms with Gasteiger partial charge >= 0.3 is 0 Å². The van der Waals surface area contributed by atoms with Crippen LogP contribution in [0.5, 0.6) is 0 Å². The van der Waals surface area contributed by atoms with E-state index in [1.54, 1.807) is 24.0 Å². The first-order valence-corrected chi connectivity index (χ1v) is 6.98. The maximum absolute atomic E-state index is 13.7. The number of hydrogen-bond donors (Lipinski definition) is 0. The lowest BCUT2D eigenvalue weighted by atomic mass is 10.1. The van der Waals surface area contributed by atoms with Gasteiger partial charge in [-0.05, 0) is 19.1 Å². The highest BCUT2D eigenvalue weighted by atomic mass is 19.1. The number of benzene rings is 1. The average molecular weight is 289 g/mol. The van der Waals surface area contributed by atoms with Crippen LogP contribution in [0.1, 0.15) is 36.5 Å². The zero-order chi connectivity index (χ0) is 15.0. The lowest BCUT2D eigenvalue weighted by Crippen LogP contribution is -2.25. The molecule has 1 aliphatic heterocycles. The van der Waals surface area contributed by atoms with Crippen LogP contribution < -0.4 is 4.90 Å². The molecule has 2 aromatic rings. The first-order chi connectivity index (χ1) is 10.1. The van der Waals surface area contributed by atoms with Crippen LogP contribution >= 0.6 is 0 Å². The minimum atomic E-state index is -0.310. The molecule has 0 saturated carbocycles. The van der Waals surface area contributed by atoms with Crippen molar-refractivity contribution in [2.45, 2.75) is 32.6 Å². The lowest BCUT2D eigenvalue weighted by molar-refractivity contribution is -0.117. The first kappa shape index (κ1) is 13.7. The third-order valence-corrected chi connectivity index (χ3v) is 3.80. The molecule has 0 radical (unpaired) electrons. The van der Waals surface area contributed by atoms with Crippen molar-refractivity contribution in [1.29, 1.82) is 0 Å². The van der Waals surface area contributed by atoms with Crippen LogP contribution in [0.15, 0.2) is 22.7 Å². The molecule has 0 spiro atoms. The molecule has 1 fully saturated rings. The van der Waals surface area contributed by atoms with E-state index in [1.165, 1.54) is 6.07 Å². The van der Waals surface area contributed by atoms with Gasteiger partial charge < -0.3 is 9.42 Å². The van der Waals surface area contributed by atoms with E-state index in [0.29, 0.717) is 42.4 Å². The third kappa shape index (κ3) is 2.41. The topological polar surface area (TPSA) is 59.2 Å². The Morgan fingerprint density at radius 3 is 3.00 bits per heavy atom. The van der Waals surface area contributed by atoms with Gasteiger partial charge in [-0.2, -0.15) is 4.98 Å². The van der Waals surface area contributed by atoms with Crippen LogP contribution in [0, 0.1) is 12.7 Å². The smallest absolute Gasteiger partial charge is 0.232 e. The van der Waals surface area contributed by atoms with Crippen molar-refractivity contribution in [2.24, 2.45) is 0 Å². The molecule has 2 heterocycles. The highest BCUT2D eigenvalue weighted by Crippen LogP contribution is 2.33.